The molecule has 26 heavy (non-hydrogen) atoms. The van der Waals surface area contributed by atoms with E-state index in [1.165, 1.54) is 11.1 Å². The molecule has 4 aromatic rings. The quantitative estimate of drug-likeness (QED) is 0.566. The van der Waals surface area contributed by atoms with Gasteiger partial charge in [-0.1, -0.05) is 54.6 Å². The normalized spacial score (nSPS) is 11.1. The molecule has 0 aliphatic rings. The molecule has 0 atom stereocenters. The van der Waals surface area contributed by atoms with E-state index in [-0.39, 0.29) is 5.91 Å². The maximum Gasteiger partial charge on any atom is 0.224 e. The second kappa shape index (κ2) is 7.04. The molecule has 0 radical (unpaired) electrons. The summed E-state index contributed by atoms with van der Waals surface area (Å²) in [7, 11) is 0. The molecule has 0 aliphatic carbocycles. The van der Waals surface area contributed by atoms with Crippen LogP contribution in [0.2, 0.25) is 0 Å². The van der Waals surface area contributed by atoms with Crippen LogP contribution >= 0.6 is 0 Å². The lowest BCUT2D eigenvalue weighted by molar-refractivity contribution is -0.120. The van der Waals surface area contributed by atoms with Crippen LogP contribution in [0, 0.1) is 6.92 Å². The first-order valence-corrected chi connectivity index (χ1v) is 8.91. The zero-order valence-corrected chi connectivity index (χ0v) is 14.8. The summed E-state index contributed by atoms with van der Waals surface area (Å²) in [6.07, 6.45) is 2.88. The Balaban J connectivity index is 1.48. The highest BCUT2D eigenvalue weighted by molar-refractivity contribution is 6.08. The fraction of sp³-hybridized carbons (Fsp3) is 0.174. The van der Waals surface area contributed by atoms with Crippen LogP contribution in [0.3, 0.4) is 0 Å². The van der Waals surface area contributed by atoms with Gasteiger partial charge in [-0.15, -0.1) is 0 Å². The van der Waals surface area contributed by atoms with Crippen molar-refractivity contribution in [2.75, 3.05) is 6.54 Å². The SMILES string of the molecule is Cc1ccccc1CCNC(=O)Cc1coc2ccc3ccccc3c12. The Morgan fingerprint density at radius 3 is 2.65 bits per heavy atom. The Kier molecular flexibility index (Phi) is 4.44. The van der Waals surface area contributed by atoms with E-state index in [2.05, 4.69) is 36.5 Å². The van der Waals surface area contributed by atoms with Gasteiger partial charge in [0.1, 0.15) is 5.58 Å². The van der Waals surface area contributed by atoms with Gasteiger partial charge in [0, 0.05) is 17.5 Å². The molecule has 3 heteroatoms. The summed E-state index contributed by atoms with van der Waals surface area (Å²) < 4.78 is 5.67. The van der Waals surface area contributed by atoms with Crippen molar-refractivity contribution < 1.29 is 9.21 Å². The minimum atomic E-state index is 0.0224. The van der Waals surface area contributed by atoms with Crippen LogP contribution in [-0.2, 0) is 17.6 Å². The van der Waals surface area contributed by atoms with Gasteiger partial charge in [0.2, 0.25) is 5.91 Å². The summed E-state index contributed by atoms with van der Waals surface area (Å²) in [6, 6.07) is 20.5. The first-order valence-electron chi connectivity index (χ1n) is 8.91. The molecule has 1 N–H and O–H groups in total. The highest BCUT2D eigenvalue weighted by atomic mass is 16.3. The summed E-state index contributed by atoms with van der Waals surface area (Å²) in [4.78, 5) is 12.4. The van der Waals surface area contributed by atoms with E-state index in [9.17, 15) is 4.79 Å². The number of benzene rings is 3. The van der Waals surface area contributed by atoms with Crippen molar-refractivity contribution in [3.05, 3.63) is 83.6 Å². The molecule has 1 amide bonds. The average Bonchev–Trinajstić information content (AvgIpc) is 3.06. The topological polar surface area (TPSA) is 42.2 Å². The van der Waals surface area contributed by atoms with E-state index in [0.717, 1.165) is 33.7 Å². The van der Waals surface area contributed by atoms with Gasteiger partial charge in [0.15, 0.2) is 0 Å². The molecular weight excluding hydrogens is 322 g/mol. The van der Waals surface area contributed by atoms with Crippen LogP contribution in [-0.4, -0.2) is 12.5 Å². The summed E-state index contributed by atoms with van der Waals surface area (Å²) >= 11 is 0. The highest BCUT2D eigenvalue weighted by Gasteiger charge is 2.13. The lowest BCUT2D eigenvalue weighted by atomic mass is 10.0. The molecule has 1 aromatic heterocycles. The molecule has 0 fully saturated rings. The van der Waals surface area contributed by atoms with Crippen LogP contribution in [0.25, 0.3) is 21.7 Å². The number of fused-ring (bicyclic) bond motifs is 3. The minimum Gasteiger partial charge on any atom is -0.464 e. The number of carbonyl (C=O) groups excluding carboxylic acids is 1. The molecule has 0 aliphatic heterocycles. The Morgan fingerprint density at radius 2 is 1.77 bits per heavy atom. The van der Waals surface area contributed by atoms with E-state index in [0.29, 0.717) is 13.0 Å². The third kappa shape index (κ3) is 3.21. The Morgan fingerprint density at radius 1 is 0.962 bits per heavy atom. The molecule has 3 aromatic carbocycles. The lowest BCUT2D eigenvalue weighted by Crippen LogP contribution is -2.27. The molecule has 0 spiro atoms. The van der Waals surface area contributed by atoms with Crippen molar-refractivity contribution in [1.29, 1.82) is 0 Å². The van der Waals surface area contributed by atoms with Crippen molar-refractivity contribution in [3.63, 3.8) is 0 Å². The Labute approximate surface area is 152 Å². The van der Waals surface area contributed by atoms with E-state index in [1.807, 2.05) is 36.4 Å². The molecular formula is C23H21NO2. The van der Waals surface area contributed by atoms with Crippen LogP contribution in [0.1, 0.15) is 16.7 Å². The molecule has 3 nitrogen and oxygen atoms in total. The van der Waals surface area contributed by atoms with Crippen LogP contribution in [0.5, 0.6) is 0 Å². The summed E-state index contributed by atoms with van der Waals surface area (Å²) in [5.74, 6) is 0.0224. The number of carbonyl (C=O) groups is 1. The van der Waals surface area contributed by atoms with E-state index in [4.69, 9.17) is 4.42 Å². The smallest absolute Gasteiger partial charge is 0.224 e. The standard InChI is InChI=1S/C23H21NO2/c1-16-6-2-3-7-17(16)12-13-24-22(25)14-19-15-26-21-11-10-18-8-4-5-9-20(18)23(19)21/h2-11,15H,12-14H2,1H3,(H,24,25). The molecule has 0 unspecified atom stereocenters. The molecule has 0 saturated carbocycles. The van der Waals surface area contributed by atoms with Crippen LogP contribution < -0.4 is 5.32 Å². The first-order chi connectivity index (χ1) is 12.7. The van der Waals surface area contributed by atoms with Crippen molar-refractivity contribution in [2.45, 2.75) is 19.8 Å². The summed E-state index contributed by atoms with van der Waals surface area (Å²) in [6.45, 7) is 2.74. The predicted octanol–water partition coefficient (Wildman–Crippen LogP) is 4.80. The molecule has 1 heterocycles. The summed E-state index contributed by atoms with van der Waals surface area (Å²) in [5, 5.41) is 6.35. The predicted molar refractivity (Wildman–Crippen MR) is 105 cm³/mol. The number of rotatable bonds is 5. The monoisotopic (exact) mass is 343 g/mol. The van der Waals surface area contributed by atoms with Crippen molar-refractivity contribution >= 4 is 27.6 Å². The van der Waals surface area contributed by atoms with Gasteiger partial charge < -0.3 is 9.73 Å². The number of aryl methyl sites for hydroxylation is 1. The fourth-order valence-electron chi connectivity index (χ4n) is 3.47. The van der Waals surface area contributed by atoms with Crippen LogP contribution in [0.4, 0.5) is 0 Å². The maximum atomic E-state index is 12.4. The second-order valence-electron chi connectivity index (χ2n) is 6.62. The lowest BCUT2D eigenvalue weighted by Gasteiger charge is -2.07. The van der Waals surface area contributed by atoms with Gasteiger partial charge in [-0.2, -0.15) is 0 Å². The Hall–Kier alpha value is -3.07. The average molecular weight is 343 g/mol. The third-order valence-corrected chi connectivity index (χ3v) is 4.87. The van der Waals surface area contributed by atoms with Gasteiger partial charge in [-0.05, 0) is 41.3 Å². The fourth-order valence-corrected chi connectivity index (χ4v) is 3.47. The van der Waals surface area contributed by atoms with Crippen LogP contribution in [0.15, 0.2) is 71.3 Å². The number of hydrogen-bond acceptors (Lipinski definition) is 2. The first kappa shape index (κ1) is 16.4. The zero-order valence-electron chi connectivity index (χ0n) is 14.8. The van der Waals surface area contributed by atoms with Gasteiger partial charge in [-0.3, -0.25) is 4.79 Å². The van der Waals surface area contributed by atoms with Gasteiger partial charge >= 0.3 is 0 Å². The van der Waals surface area contributed by atoms with Crippen molar-refractivity contribution in [2.24, 2.45) is 0 Å². The molecule has 0 bridgehead atoms. The Bertz CT molecular complexity index is 1080. The summed E-state index contributed by atoms with van der Waals surface area (Å²) in [5.41, 5.74) is 4.29. The zero-order chi connectivity index (χ0) is 17.9. The molecule has 4 rings (SSSR count). The van der Waals surface area contributed by atoms with Crippen molar-refractivity contribution in [3.8, 4) is 0 Å². The van der Waals surface area contributed by atoms with E-state index >= 15 is 0 Å². The van der Waals surface area contributed by atoms with Gasteiger partial charge in [0.25, 0.3) is 0 Å². The largest absolute Gasteiger partial charge is 0.464 e. The van der Waals surface area contributed by atoms with Gasteiger partial charge in [0.05, 0.1) is 12.7 Å². The highest BCUT2D eigenvalue weighted by Crippen LogP contribution is 2.30. The number of amides is 1. The third-order valence-electron chi connectivity index (χ3n) is 4.87. The second-order valence-corrected chi connectivity index (χ2v) is 6.62. The van der Waals surface area contributed by atoms with E-state index in [1.54, 1.807) is 6.26 Å². The maximum absolute atomic E-state index is 12.4. The molecule has 0 saturated heterocycles. The van der Waals surface area contributed by atoms with Crippen molar-refractivity contribution in [1.82, 2.24) is 5.32 Å². The number of nitrogens with one attached hydrogen (secondary N) is 1. The van der Waals surface area contributed by atoms with E-state index < -0.39 is 0 Å². The van der Waals surface area contributed by atoms with Gasteiger partial charge in [-0.25, -0.2) is 0 Å². The number of furan rings is 1. The minimum absolute atomic E-state index is 0.0224. The number of hydrogen-bond donors (Lipinski definition) is 1. The molecule has 130 valence electrons.